The van der Waals surface area contributed by atoms with Crippen molar-refractivity contribution < 1.29 is 8.42 Å². The van der Waals surface area contributed by atoms with Gasteiger partial charge in [-0.1, -0.05) is 43.6 Å². The van der Waals surface area contributed by atoms with Gasteiger partial charge >= 0.3 is 0 Å². The molecule has 26 heavy (non-hydrogen) atoms. The third-order valence-corrected chi connectivity index (χ3v) is 5.12. The molecule has 0 aliphatic carbocycles. The molecule has 0 saturated carbocycles. The molecule has 0 aromatic heterocycles. The van der Waals surface area contributed by atoms with E-state index in [0.29, 0.717) is 13.0 Å². The first-order valence-electron chi connectivity index (χ1n) is 8.56. The summed E-state index contributed by atoms with van der Waals surface area (Å²) in [4.78, 5) is 4.61. The molecule has 150 valence electrons. The van der Waals surface area contributed by atoms with Gasteiger partial charge in [0.05, 0.1) is 5.75 Å². The van der Waals surface area contributed by atoms with E-state index in [0.717, 1.165) is 36.1 Å². The van der Waals surface area contributed by atoms with Gasteiger partial charge in [0.25, 0.3) is 0 Å². The fourth-order valence-corrected chi connectivity index (χ4v) is 3.35. The lowest BCUT2D eigenvalue weighted by atomic mass is 9.90. The smallest absolute Gasteiger partial charge is 0.191 e. The van der Waals surface area contributed by atoms with E-state index in [4.69, 9.17) is 11.6 Å². The zero-order valence-corrected chi connectivity index (χ0v) is 19.9. The number of hydrogen-bond acceptors (Lipinski definition) is 3. The molecule has 0 saturated heterocycles. The maximum absolute atomic E-state index is 11.4. The van der Waals surface area contributed by atoms with Crippen molar-refractivity contribution in [1.29, 1.82) is 0 Å². The van der Waals surface area contributed by atoms with E-state index in [1.54, 1.807) is 0 Å². The number of nitrogens with zero attached hydrogens (tertiary/aromatic N) is 1. The van der Waals surface area contributed by atoms with Crippen molar-refractivity contribution in [2.24, 2.45) is 10.4 Å². The Morgan fingerprint density at radius 1 is 1.23 bits per heavy atom. The van der Waals surface area contributed by atoms with E-state index in [2.05, 4.69) is 15.6 Å². The minimum absolute atomic E-state index is 0. The van der Waals surface area contributed by atoms with Crippen molar-refractivity contribution in [3.05, 3.63) is 34.9 Å². The van der Waals surface area contributed by atoms with Crippen molar-refractivity contribution in [1.82, 2.24) is 10.6 Å². The van der Waals surface area contributed by atoms with Gasteiger partial charge in [0.15, 0.2) is 5.96 Å². The number of rotatable bonds is 9. The van der Waals surface area contributed by atoms with E-state index >= 15 is 0 Å². The molecule has 1 aromatic carbocycles. The molecule has 0 aliphatic heterocycles. The zero-order chi connectivity index (χ0) is 18.9. The maximum Gasteiger partial charge on any atom is 0.191 e. The van der Waals surface area contributed by atoms with Gasteiger partial charge < -0.3 is 10.6 Å². The number of sulfone groups is 1. The van der Waals surface area contributed by atoms with Gasteiger partial charge in [-0.15, -0.1) is 24.0 Å². The molecule has 0 heterocycles. The second-order valence-electron chi connectivity index (χ2n) is 7.01. The molecule has 0 atom stereocenters. The highest BCUT2D eigenvalue weighted by Gasteiger charge is 2.20. The molecule has 0 fully saturated rings. The molecule has 1 rings (SSSR count). The van der Waals surface area contributed by atoms with Gasteiger partial charge in [-0.05, 0) is 36.8 Å². The Bertz CT molecular complexity index is 679. The second kappa shape index (κ2) is 12.0. The Kier molecular flexibility index (Phi) is 11.8. The highest BCUT2D eigenvalue weighted by atomic mass is 127. The SMILES string of the molecule is CCNC(=NCC(C)(C)CCS(C)(=O)=O)NCCc1ccccc1Cl.I. The van der Waals surface area contributed by atoms with Crippen LogP contribution in [0.1, 0.15) is 32.8 Å². The average Bonchev–Trinajstić information content (AvgIpc) is 2.52. The van der Waals surface area contributed by atoms with Crippen LogP contribution < -0.4 is 10.6 Å². The summed E-state index contributed by atoms with van der Waals surface area (Å²) in [6.45, 7) is 8.13. The van der Waals surface area contributed by atoms with Crippen LogP contribution in [0.3, 0.4) is 0 Å². The van der Waals surface area contributed by atoms with Crippen molar-refractivity contribution in [2.75, 3.05) is 31.6 Å². The van der Waals surface area contributed by atoms with Crippen LogP contribution >= 0.6 is 35.6 Å². The zero-order valence-electron chi connectivity index (χ0n) is 16.0. The third kappa shape index (κ3) is 11.2. The topological polar surface area (TPSA) is 70.6 Å². The fourth-order valence-electron chi connectivity index (χ4n) is 2.19. The van der Waals surface area contributed by atoms with Gasteiger partial charge in [-0.2, -0.15) is 0 Å². The Morgan fingerprint density at radius 3 is 2.46 bits per heavy atom. The quantitative estimate of drug-likeness (QED) is 0.300. The molecular weight excluding hydrogens is 485 g/mol. The summed E-state index contributed by atoms with van der Waals surface area (Å²) in [6, 6.07) is 7.80. The lowest BCUT2D eigenvalue weighted by Crippen LogP contribution is -2.39. The van der Waals surface area contributed by atoms with Crippen LogP contribution in [0.15, 0.2) is 29.3 Å². The number of guanidine groups is 1. The molecule has 5 nitrogen and oxygen atoms in total. The number of benzene rings is 1. The van der Waals surface area contributed by atoms with Gasteiger partial charge in [-0.3, -0.25) is 4.99 Å². The van der Waals surface area contributed by atoms with Crippen LogP contribution in [0.2, 0.25) is 5.02 Å². The van der Waals surface area contributed by atoms with Gasteiger partial charge in [0.1, 0.15) is 9.84 Å². The lowest BCUT2D eigenvalue weighted by Gasteiger charge is -2.22. The van der Waals surface area contributed by atoms with Crippen molar-refractivity contribution in [3.63, 3.8) is 0 Å². The summed E-state index contributed by atoms with van der Waals surface area (Å²) in [5.74, 6) is 0.924. The summed E-state index contributed by atoms with van der Waals surface area (Å²) in [6.07, 6.45) is 2.67. The fraction of sp³-hybridized carbons (Fsp3) is 0.611. The molecule has 0 aliphatic rings. The Hall–Kier alpha value is -0.540. The highest BCUT2D eigenvalue weighted by Crippen LogP contribution is 2.21. The summed E-state index contributed by atoms with van der Waals surface area (Å²) >= 11 is 6.17. The molecular formula is C18H31ClIN3O2S. The van der Waals surface area contributed by atoms with Crippen molar-refractivity contribution in [2.45, 2.75) is 33.6 Å². The Balaban J connectivity index is 0.00000625. The Morgan fingerprint density at radius 2 is 1.88 bits per heavy atom. The lowest BCUT2D eigenvalue weighted by molar-refractivity contribution is 0.365. The normalized spacial score (nSPS) is 12.4. The molecule has 0 bridgehead atoms. The first-order valence-corrected chi connectivity index (χ1v) is 11.0. The number of nitrogens with one attached hydrogen (secondary N) is 2. The largest absolute Gasteiger partial charge is 0.357 e. The van der Waals surface area contributed by atoms with Crippen LogP contribution in [0, 0.1) is 5.41 Å². The van der Waals surface area contributed by atoms with Gasteiger partial charge in [0.2, 0.25) is 0 Å². The van der Waals surface area contributed by atoms with E-state index in [9.17, 15) is 8.42 Å². The minimum Gasteiger partial charge on any atom is -0.357 e. The maximum atomic E-state index is 11.4. The molecule has 0 amide bonds. The molecule has 2 N–H and O–H groups in total. The van der Waals surface area contributed by atoms with Crippen LogP contribution in [0.25, 0.3) is 0 Å². The summed E-state index contributed by atoms with van der Waals surface area (Å²) in [7, 11) is -2.95. The van der Waals surface area contributed by atoms with Crippen molar-refractivity contribution in [3.8, 4) is 0 Å². The predicted octanol–water partition coefficient (Wildman–Crippen LogP) is 3.52. The number of hydrogen-bond donors (Lipinski definition) is 2. The monoisotopic (exact) mass is 515 g/mol. The van der Waals surface area contributed by atoms with Crippen molar-refractivity contribution >= 4 is 51.4 Å². The molecule has 1 aromatic rings. The summed E-state index contributed by atoms with van der Waals surface area (Å²) < 4.78 is 22.7. The van der Waals surface area contributed by atoms with E-state index in [1.165, 1.54) is 6.26 Å². The summed E-state index contributed by atoms with van der Waals surface area (Å²) in [5.41, 5.74) is 0.926. The number of halogens is 2. The molecule has 0 spiro atoms. The standard InChI is InChI=1S/C18H30ClN3O2S.HI/c1-5-20-17(21-12-10-15-8-6-7-9-16(15)19)22-14-18(2,3)11-13-25(4,23)24;/h6-9H,5,10-14H2,1-4H3,(H2,20,21,22);1H. The minimum atomic E-state index is -2.95. The summed E-state index contributed by atoms with van der Waals surface area (Å²) in [5, 5.41) is 7.29. The number of aliphatic imine (C=N–C) groups is 1. The second-order valence-corrected chi connectivity index (χ2v) is 9.67. The Labute approximate surface area is 180 Å². The molecule has 0 unspecified atom stereocenters. The van der Waals surface area contributed by atoms with E-state index < -0.39 is 9.84 Å². The molecule has 8 heteroatoms. The predicted molar refractivity (Wildman–Crippen MR) is 123 cm³/mol. The highest BCUT2D eigenvalue weighted by molar-refractivity contribution is 14.0. The van der Waals surface area contributed by atoms with Gasteiger partial charge in [-0.25, -0.2) is 8.42 Å². The van der Waals surface area contributed by atoms with E-state index in [1.807, 2.05) is 45.0 Å². The molecule has 0 radical (unpaired) electrons. The average molecular weight is 516 g/mol. The van der Waals surface area contributed by atoms with Crippen LogP contribution in [-0.2, 0) is 16.3 Å². The van der Waals surface area contributed by atoms with Gasteiger partial charge in [0, 0.05) is 30.9 Å². The first-order chi connectivity index (χ1) is 11.6. The van der Waals surface area contributed by atoms with Crippen LogP contribution in [-0.4, -0.2) is 46.0 Å². The van der Waals surface area contributed by atoms with E-state index in [-0.39, 0.29) is 35.1 Å². The van der Waals surface area contributed by atoms with Crippen LogP contribution in [0.5, 0.6) is 0 Å². The van der Waals surface area contributed by atoms with Crippen LogP contribution in [0.4, 0.5) is 0 Å². The third-order valence-electron chi connectivity index (χ3n) is 3.80. The first kappa shape index (κ1) is 25.5.